The molecule has 1 aromatic carbocycles. The number of carbonyl (C=O) groups excluding carboxylic acids is 1. The van der Waals surface area contributed by atoms with Gasteiger partial charge in [0.15, 0.2) is 0 Å². The van der Waals surface area contributed by atoms with Crippen molar-refractivity contribution in [3.63, 3.8) is 0 Å². The van der Waals surface area contributed by atoms with Crippen molar-refractivity contribution in [3.05, 3.63) is 23.8 Å². The SMILES string of the molecule is COc1ccc(CC(=O)N2CCC(CO)C2)c(OC)c1. The lowest BCUT2D eigenvalue weighted by molar-refractivity contribution is -0.129. The van der Waals surface area contributed by atoms with Crippen molar-refractivity contribution in [2.24, 2.45) is 5.92 Å². The van der Waals surface area contributed by atoms with Crippen LogP contribution in [-0.4, -0.2) is 49.8 Å². The quantitative estimate of drug-likeness (QED) is 0.876. The first-order valence-electron chi connectivity index (χ1n) is 6.77. The van der Waals surface area contributed by atoms with Gasteiger partial charge in [0.2, 0.25) is 5.91 Å². The number of benzene rings is 1. The van der Waals surface area contributed by atoms with Crippen molar-refractivity contribution in [2.75, 3.05) is 33.9 Å². The minimum Gasteiger partial charge on any atom is -0.497 e. The molecule has 1 aromatic rings. The molecule has 1 aliphatic heterocycles. The van der Waals surface area contributed by atoms with E-state index in [2.05, 4.69) is 0 Å². The van der Waals surface area contributed by atoms with Crippen molar-refractivity contribution < 1.29 is 19.4 Å². The first kappa shape index (κ1) is 14.7. The van der Waals surface area contributed by atoms with E-state index >= 15 is 0 Å². The third-order valence-corrected chi connectivity index (χ3v) is 3.73. The maximum absolute atomic E-state index is 12.3. The average Bonchev–Trinajstić information content (AvgIpc) is 2.96. The van der Waals surface area contributed by atoms with Gasteiger partial charge in [0.1, 0.15) is 11.5 Å². The standard InChI is InChI=1S/C15H21NO4/c1-19-13-4-3-12(14(8-13)20-2)7-15(18)16-6-5-11(9-16)10-17/h3-4,8,11,17H,5-7,9-10H2,1-2H3. The van der Waals surface area contributed by atoms with Crippen molar-refractivity contribution in [1.82, 2.24) is 4.90 Å². The molecule has 1 aliphatic rings. The molecule has 1 heterocycles. The Balaban J connectivity index is 2.04. The highest BCUT2D eigenvalue weighted by Crippen LogP contribution is 2.26. The number of aliphatic hydroxyl groups is 1. The minimum absolute atomic E-state index is 0.0735. The molecule has 5 nitrogen and oxygen atoms in total. The predicted molar refractivity (Wildman–Crippen MR) is 75.0 cm³/mol. The van der Waals surface area contributed by atoms with Crippen LogP contribution >= 0.6 is 0 Å². The zero-order valence-electron chi connectivity index (χ0n) is 12.0. The Hall–Kier alpha value is -1.75. The van der Waals surface area contributed by atoms with Crippen LogP contribution in [0.25, 0.3) is 0 Å². The molecule has 1 atom stereocenters. The number of rotatable bonds is 5. The molecule has 1 N–H and O–H groups in total. The Bertz CT molecular complexity index is 475. The van der Waals surface area contributed by atoms with Gasteiger partial charge < -0.3 is 19.5 Å². The van der Waals surface area contributed by atoms with Crippen LogP contribution in [-0.2, 0) is 11.2 Å². The lowest BCUT2D eigenvalue weighted by Gasteiger charge is -2.17. The van der Waals surface area contributed by atoms with Gasteiger partial charge in [-0.1, -0.05) is 6.07 Å². The molecule has 0 radical (unpaired) electrons. The number of methoxy groups -OCH3 is 2. The molecule has 0 bridgehead atoms. The fourth-order valence-corrected chi connectivity index (χ4v) is 2.48. The van der Waals surface area contributed by atoms with Gasteiger partial charge in [0.25, 0.3) is 0 Å². The number of likely N-dealkylation sites (tertiary alicyclic amines) is 1. The van der Waals surface area contributed by atoms with E-state index in [1.165, 1.54) is 0 Å². The Labute approximate surface area is 119 Å². The summed E-state index contributed by atoms with van der Waals surface area (Å²) in [5.41, 5.74) is 0.853. The normalized spacial score (nSPS) is 18.1. The molecule has 5 heteroatoms. The Morgan fingerprint density at radius 3 is 2.80 bits per heavy atom. The average molecular weight is 279 g/mol. The monoisotopic (exact) mass is 279 g/mol. The van der Waals surface area contributed by atoms with Crippen LogP contribution in [0.3, 0.4) is 0 Å². The third kappa shape index (κ3) is 3.22. The molecule has 1 saturated heterocycles. The molecule has 0 spiro atoms. The predicted octanol–water partition coefficient (Wildman–Crippen LogP) is 1.09. The van der Waals surface area contributed by atoms with Gasteiger partial charge in [-0.3, -0.25) is 4.79 Å². The molecule has 1 fully saturated rings. The summed E-state index contributed by atoms with van der Waals surface area (Å²) in [6, 6.07) is 5.46. The summed E-state index contributed by atoms with van der Waals surface area (Å²) in [7, 11) is 3.18. The minimum atomic E-state index is 0.0735. The van der Waals surface area contributed by atoms with E-state index in [4.69, 9.17) is 14.6 Å². The molecule has 0 aromatic heterocycles. The van der Waals surface area contributed by atoms with Crippen LogP contribution in [0.4, 0.5) is 0 Å². The molecule has 110 valence electrons. The molecule has 2 rings (SSSR count). The topological polar surface area (TPSA) is 59.0 Å². The van der Waals surface area contributed by atoms with Crippen molar-refractivity contribution in [2.45, 2.75) is 12.8 Å². The summed E-state index contributed by atoms with van der Waals surface area (Å²) in [6.07, 6.45) is 1.19. The van der Waals surface area contributed by atoms with E-state index in [1.54, 1.807) is 20.3 Å². The summed E-state index contributed by atoms with van der Waals surface area (Å²) in [4.78, 5) is 14.1. The van der Waals surface area contributed by atoms with Crippen LogP contribution < -0.4 is 9.47 Å². The van der Waals surface area contributed by atoms with Gasteiger partial charge in [-0.25, -0.2) is 0 Å². The summed E-state index contributed by atoms with van der Waals surface area (Å²) < 4.78 is 10.4. The summed E-state index contributed by atoms with van der Waals surface area (Å²) >= 11 is 0. The fourth-order valence-electron chi connectivity index (χ4n) is 2.48. The van der Waals surface area contributed by atoms with Gasteiger partial charge in [-0.15, -0.1) is 0 Å². The Morgan fingerprint density at radius 1 is 1.40 bits per heavy atom. The molecule has 1 amide bonds. The van der Waals surface area contributed by atoms with Crippen LogP contribution in [0.2, 0.25) is 0 Å². The Kier molecular flexibility index (Phi) is 4.84. The van der Waals surface area contributed by atoms with Crippen LogP contribution in [0, 0.1) is 5.92 Å². The van der Waals surface area contributed by atoms with Crippen molar-refractivity contribution >= 4 is 5.91 Å². The lowest BCUT2D eigenvalue weighted by Crippen LogP contribution is -2.30. The van der Waals surface area contributed by atoms with Gasteiger partial charge in [0.05, 0.1) is 20.6 Å². The molecular formula is C15H21NO4. The number of nitrogens with zero attached hydrogens (tertiary/aromatic N) is 1. The first-order valence-corrected chi connectivity index (χ1v) is 6.77. The molecule has 1 unspecified atom stereocenters. The molecule has 0 aliphatic carbocycles. The zero-order chi connectivity index (χ0) is 14.5. The van der Waals surface area contributed by atoms with Gasteiger partial charge in [0, 0.05) is 37.2 Å². The highest BCUT2D eigenvalue weighted by atomic mass is 16.5. The van der Waals surface area contributed by atoms with Crippen LogP contribution in [0.1, 0.15) is 12.0 Å². The highest BCUT2D eigenvalue weighted by Gasteiger charge is 2.26. The molecular weight excluding hydrogens is 258 g/mol. The second kappa shape index (κ2) is 6.61. The zero-order valence-corrected chi connectivity index (χ0v) is 12.0. The highest BCUT2D eigenvalue weighted by molar-refractivity contribution is 5.80. The van der Waals surface area contributed by atoms with Crippen molar-refractivity contribution in [1.29, 1.82) is 0 Å². The number of aliphatic hydroxyl groups excluding tert-OH is 1. The maximum Gasteiger partial charge on any atom is 0.227 e. The smallest absolute Gasteiger partial charge is 0.227 e. The van der Waals surface area contributed by atoms with Crippen molar-refractivity contribution in [3.8, 4) is 11.5 Å². The number of hydrogen-bond donors (Lipinski definition) is 1. The maximum atomic E-state index is 12.3. The second-order valence-corrected chi connectivity index (χ2v) is 5.03. The van der Waals surface area contributed by atoms with E-state index < -0.39 is 0 Å². The third-order valence-electron chi connectivity index (χ3n) is 3.73. The summed E-state index contributed by atoms with van der Waals surface area (Å²) in [6.45, 7) is 1.52. The Morgan fingerprint density at radius 2 is 2.20 bits per heavy atom. The molecule has 0 saturated carbocycles. The van der Waals surface area contributed by atoms with Gasteiger partial charge >= 0.3 is 0 Å². The second-order valence-electron chi connectivity index (χ2n) is 5.03. The largest absolute Gasteiger partial charge is 0.497 e. The summed E-state index contributed by atoms with van der Waals surface area (Å²) in [5, 5.41) is 9.12. The fraction of sp³-hybridized carbons (Fsp3) is 0.533. The van der Waals surface area contributed by atoms with E-state index in [9.17, 15) is 4.79 Å². The number of hydrogen-bond acceptors (Lipinski definition) is 4. The molecule has 20 heavy (non-hydrogen) atoms. The van der Waals surface area contributed by atoms with E-state index in [0.717, 1.165) is 18.5 Å². The van der Waals surface area contributed by atoms with Crippen LogP contribution in [0.5, 0.6) is 11.5 Å². The first-order chi connectivity index (χ1) is 9.67. The lowest BCUT2D eigenvalue weighted by atomic mass is 10.1. The number of amides is 1. The van der Waals surface area contributed by atoms with E-state index in [1.807, 2.05) is 17.0 Å². The van der Waals surface area contributed by atoms with Crippen LogP contribution in [0.15, 0.2) is 18.2 Å². The van der Waals surface area contributed by atoms with Gasteiger partial charge in [-0.05, 0) is 12.5 Å². The van der Waals surface area contributed by atoms with E-state index in [0.29, 0.717) is 24.5 Å². The number of carbonyl (C=O) groups is 1. The van der Waals surface area contributed by atoms with Gasteiger partial charge in [-0.2, -0.15) is 0 Å². The van der Waals surface area contributed by atoms with E-state index in [-0.39, 0.29) is 18.4 Å². The number of ether oxygens (including phenoxy) is 2. The summed E-state index contributed by atoms with van der Waals surface area (Å²) in [5.74, 6) is 1.66.